The van der Waals surface area contributed by atoms with Crippen LogP contribution in [0.25, 0.3) is 28.2 Å². The van der Waals surface area contributed by atoms with E-state index in [0.717, 1.165) is 17.2 Å². The minimum Gasteiger partial charge on any atom is -0.220 e. The Kier molecular flexibility index (Phi) is 6.15. The molecule has 0 fully saturated rings. The molecule has 0 unspecified atom stereocenters. The summed E-state index contributed by atoms with van der Waals surface area (Å²) >= 11 is 0. The Labute approximate surface area is 231 Å². The van der Waals surface area contributed by atoms with Crippen molar-refractivity contribution in [1.82, 2.24) is 4.57 Å². The summed E-state index contributed by atoms with van der Waals surface area (Å²) < 4.78 is 7.10. The van der Waals surface area contributed by atoms with E-state index in [1.807, 2.05) is 0 Å². The van der Waals surface area contributed by atoms with Gasteiger partial charge in [-0.3, -0.25) is 0 Å². The molecule has 39 heavy (non-hydrogen) atoms. The summed E-state index contributed by atoms with van der Waals surface area (Å²) in [5.74, 6) is 1.14. The lowest BCUT2D eigenvalue weighted by Gasteiger charge is -2.31. The van der Waals surface area contributed by atoms with Crippen molar-refractivity contribution in [2.24, 2.45) is 14.1 Å². The molecule has 0 saturated carbocycles. The minimum atomic E-state index is -0.358. The summed E-state index contributed by atoms with van der Waals surface area (Å²) in [6.45, 7) is 6.83. The molecule has 2 heterocycles. The lowest BCUT2D eigenvalue weighted by molar-refractivity contribution is -0.687. The predicted octanol–water partition coefficient (Wildman–Crippen LogP) is 6.92. The SMILES string of the molecule is Cc1ccccc1C(C)(c1ccccc1C)c1cccc(-c2n(-c3ccccc3)c3ccccc3[n+]2C)[n+]1C. The van der Waals surface area contributed by atoms with E-state index in [9.17, 15) is 0 Å². The molecule has 3 nitrogen and oxygen atoms in total. The van der Waals surface area contributed by atoms with Crippen LogP contribution in [-0.2, 0) is 19.5 Å². The van der Waals surface area contributed by atoms with Crippen LogP contribution in [0.15, 0.2) is 121 Å². The van der Waals surface area contributed by atoms with E-state index < -0.39 is 0 Å². The van der Waals surface area contributed by atoms with E-state index in [4.69, 9.17) is 0 Å². The molecule has 0 spiro atoms. The number of hydrogen-bond donors (Lipinski definition) is 0. The Morgan fingerprint density at radius 2 is 1.13 bits per heavy atom. The minimum absolute atomic E-state index is 0.358. The molecular formula is C36H35N3+2. The van der Waals surface area contributed by atoms with Crippen LogP contribution in [0.3, 0.4) is 0 Å². The molecular weight excluding hydrogens is 474 g/mol. The normalized spacial score (nSPS) is 11.7. The van der Waals surface area contributed by atoms with Gasteiger partial charge < -0.3 is 0 Å². The molecule has 0 radical (unpaired) electrons. The first-order chi connectivity index (χ1) is 18.9. The Hall–Kier alpha value is -4.50. The van der Waals surface area contributed by atoms with Crippen molar-refractivity contribution in [1.29, 1.82) is 0 Å². The Balaban J connectivity index is 1.69. The third-order valence-corrected chi connectivity index (χ3v) is 8.37. The molecule has 0 atom stereocenters. The number of pyridine rings is 1. The van der Waals surface area contributed by atoms with E-state index in [0.29, 0.717) is 0 Å². The molecule has 2 aromatic heterocycles. The van der Waals surface area contributed by atoms with Gasteiger partial charge in [0.1, 0.15) is 18.2 Å². The van der Waals surface area contributed by atoms with Crippen LogP contribution in [0.1, 0.15) is 34.9 Å². The number of fused-ring (bicyclic) bond motifs is 1. The monoisotopic (exact) mass is 509 g/mol. The summed E-state index contributed by atoms with van der Waals surface area (Å²) in [6, 6.07) is 43.7. The number of para-hydroxylation sites is 3. The van der Waals surface area contributed by atoms with Gasteiger partial charge in [0.15, 0.2) is 16.7 Å². The van der Waals surface area contributed by atoms with Gasteiger partial charge in [-0.15, -0.1) is 0 Å². The maximum atomic E-state index is 2.40. The fourth-order valence-electron chi connectivity index (χ4n) is 6.44. The van der Waals surface area contributed by atoms with Gasteiger partial charge in [-0.25, -0.2) is 4.57 Å². The van der Waals surface area contributed by atoms with Gasteiger partial charge in [0.2, 0.25) is 0 Å². The van der Waals surface area contributed by atoms with Gasteiger partial charge in [-0.2, -0.15) is 9.13 Å². The number of rotatable bonds is 5. The second kappa shape index (κ2) is 9.67. The topological polar surface area (TPSA) is 12.7 Å². The number of aryl methyl sites for hydroxylation is 3. The van der Waals surface area contributed by atoms with Crippen LogP contribution >= 0.6 is 0 Å². The molecule has 192 valence electrons. The zero-order chi connectivity index (χ0) is 27.1. The average Bonchev–Trinajstić information content (AvgIpc) is 3.26. The van der Waals surface area contributed by atoms with Crippen molar-refractivity contribution in [3.8, 4) is 17.2 Å². The number of hydrogen-bond acceptors (Lipinski definition) is 0. The number of aromatic nitrogens is 3. The second-order valence-corrected chi connectivity index (χ2v) is 10.7. The van der Waals surface area contributed by atoms with E-state index in [1.165, 1.54) is 39.0 Å². The summed E-state index contributed by atoms with van der Waals surface area (Å²) in [6.07, 6.45) is 0. The van der Waals surface area contributed by atoms with Gasteiger partial charge in [-0.1, -0.05) is 78.9 Å². The smallest absolute Gasteiger partial charge is 0.220 e. The highest BCUT2D eigenvalue weighted by Gasteiger charge is 2.42. The first kappa shape index (κ1) is 24.8. The molecule has 0 N–H and O–H groups in total. The standard InChI is InChI=1S/C36H35N3/c1-26-16-9-11-20-29(26)36(3,30-21-12-10-17-27(30)2)34-25-15-24-33(37(34)4)35-38(5)31-22-13-14-23-32(31)39(35)28-18-7-6-8-19-28/h6-25H,1-5H3/q+2. The van der Waals surface area contributed by atoms with Crippen LogP contribution in [-0.4, -0.2) is 4.57 Å². The van der Waals surface area contributed by atoms with E-state index in [1.54, 1.807) is 0 Å². The number of benzene rings is 4. The van der Waals surface area contributed by atoms with Crippen LogP contribution < -0.4 is 9.13 Å². The van der Waals surface area contributed by atoms with Crippen LogP contribution in [0, 0.1) is 13.8 Å². The molecule has 0 saturated heterocycles. The number of imidazole rings is 1. The van der Waals surface area contributed by atoms with E-state index >= 15 is 0 Å². The molecule has 4 aromatic carbocycles. The third kappa shape index (κ3) is 3.88. The summed E-state index contributed by atoms with van der Waals surface area (Å²) in [5.41, 5.74) is 10.8. The molecule has 0 aliphatic rings. The zero-order valence-electron chi connectivity index (χ0n) is 23.4. The highest BCUT2D eigenvalue weighted by molar-refractivity contribution is 5.78. The largest absolute Gasteiger partial charge is 0.360 e. The average molecular weight is 510 g/mol. The van der Waals surface area contributed by atoms with Crippen LogP contribution in [0.2, 0.25) is 0 Å². The highest BCUT2D eigenvalue weighted by atomic mass is 15.2. The van der Waals surface area contributed by atoms with Crippen molar-refractivity contribution in [2.45, 2.75) is 26.2 Å². The Morgan fingerprint density at radius 1 is 0.564 bits per heavy atom. The lowest BCUT2D eigenvalue weighted by atomic mass is 9.70. The van der Waals surface area contributed by atoms with Crippen molar-refractivity contribution in [3.63, 3.8) is 0 Å². The van der Waals surface area contributed by atoms with Crippen molar-refractivity contribution >= 4 is 11.0 Å². The molecule has 0 bridgehead atoms. The maximum absolute atomic E-state index is 2.40. The summed E-state index contributed by atoms with van der Waals surface area (Å²) in [5, 5.41) is 0. The highest BCUT2D eigenvalue weighted by Crippen LogP contribution is 2.40. The molecule has 0 aliphatic heterocycles. The van der Waals surface area contributed by atoms with Gasteiger partial charge in [0, 0.05) is 12.1 Å². The van der Waals surface area contributed by atoms with Crippen molar-refractivity contribution in [3.05, 3.63) is 149 Å². The number of nitrogens with zero attached hydrogens (tertiary/aromatic N) is 3. The summed E-state index contributed by atoms with van der Waals surface area (Å²) in [7, 11) is 4.39. The zero-order valence-corrected chi connectivity index (χ0v) is 23.4. The van der Waals surface area contributed by atoms with Gasteiger partial charge >= 0.3 is 5.82 Å². The van der Waals surface area contributed by atoms with E-state index in [2.05, 4.69) is 170 Å². The molecule has 6 rings (SSSR count). The van der Waals surface area contributed by atoms with Crippen LogP contribution in [0.4, 0.5) is 0 Å². The van der Waals surface area contributed by atoms with Gasteiger partial charge in [-0.05, 0) is 73.4 Å². The first-order valence-corrected chi connectivity index (χ1v) is 13.6. The Morgan fingerprint density at radius 3 is 1.77 bits per heavy atom. The molecule has 0 aliphatic carbocycles. The molecule has 0 amide bonds. The fraction of sp³-hybridized carbons (Fsp3) is 0.167. The molecule has 3 heteroatoms. The predicted molar refractivity (Wildman–Crippen MR) is 159 cm³/mol. The van der Waals surface area contributed by atoms with Crippen LogP contribution in [0.5, 0.6) is 0 Å². The molecule has 6 aromatic rings. The van der Waals surface area contributed by atoms with E-state index in [-0.39, 0.29) is 5.41 Å². The second-order valence-electron chi connectivity index (χ2n) is 10.7. The Bertz CT molecular complexity index is 1770. The lowest BCUT2D eigenvalue weighted by Crippen LogP contribution is -2.47. The summed E-state index contributed by atoms with van der Waals surface area (Å²) in [4.78, 5) is 0. The first-order valence-electron chi connectivity index (χ1n) is 13.6. The fourth-order valence-corrected chi connectivity index (χ4v) is 6.44. The third-order valence-electron chi connectivity index (χ3n) is 8.37. The van der Waals surface area contributed by atoms with Gasteiger partial charge in [0.25, 0.3) is 5.69 Å². The quantitative estimate of drug-likeness (QED) is 0.224. The van der Waals surface area contributed by atoms with Gasteiger partial charge in [0.05, 0.1) is 7.05 Å². The van der Waals surface area contributed by atoms with Crippen molar-refractivity contribution in [2.75, 3.05) is 0 Å². The maximum Gasteiger partial charge on any atom is 0.360 e. The van der Waals surface area contributed by atoms with Crippen molar-refractivity contribution < 1.29 is 9.13 Å².